The van der Waals surface area contributed by atoms with Gasteiger partial charge in [-0.05, 0) is 32.4 Å². The molecule has 1 aliphatic rings. The number of hydrogen-bond donors (Lipinski definition) is 4. The molecule has 0 amide bonds. The van der Waals surface area contributed by atoms with Crippen LogP contribution < -0.4 is 10.6 Å². The molecule has 0 bridgehead atoms. The van der Waals surface area contributed by atoms with Gasteiger partial charge >= 0.3 is 0 Å². The minimum Gasteiger partial charge on any atom is -0.395 e. The van der Waals surface area contributed by atoms with E-state index in [0.717, 1.165) is 25.9 Å². The number of aliphatic hydroxyl groups is 2. The lowest BCUT2D eigenvalue weighted by Crippen LogP contribution is -2.43. The van der Waals surface area contributed by atoms with E-state index in [9.17, 15) is 0 Å². The predicted molar refractivity (Wildman–Crippen MR) is 51.6 cm³/mol. The van der Waals surface area contributed by atoms with Crippen LogP contribution in [-0.4, -0.2) is 48.6 Å². The summed E-state index contributed by atoms with van der Waals surface area (Å²) in [7, 11) is 0. The molecule has 1 fully saturated rings. The van der Waals surface area contributed by atoms with Crippen LogP contribution in [0.25, 0.3) is 0 Å². The zero-order chi connectivity index (χ0) is 9.52. The molecule has 0 aromatic carbocycles. The fourth-order valence-corrected chi connectivity index (χ4v) is 1.68. The first-order valence-electron chi connectivity index (χ1n) is 5.05. The van der Waals surface area contributed by atoms with Gasteiger partial charge in [0.1, 0.15) is 0 Å². The molecule has 0 saturated carbocycles. The van der Waals surface area contributed by atoms with Gasteiger partial charge in [-0.15, -0.1) is 0 Å². The van der Waals surface area contributed by atoms with E-state index >= 15 is 0 Å². The third kappa shape index (κ3) is 4.04. The molecule has 1 rings (SSSR count). The maximum atomic E-state index is 8.89. The molecule has 4 N–H and O–H groups in total. The number of hydrogen-bond acceptors (Lipinski definition) is 4. The maximum absolute atomic E-state index is 8.89. The van der Waals surface area contributed by atoms with Crippen molar-refractivity contribution in [2.75, 3.05) is 26.3 Å². The van der Waals surface area contributed by atoms with Crippen molar-refractivity contribution in [1.82, 2.24) is 10.6 Å². The third-order valence-corrected chi connectivity index (χ3v) is 2.49. The monoisotopic (exact) mass is 188 g/mol. The standard InChI is InChI=1S/C9H20N2O2/c12-6-9(7-13)11-8-2-1-4-10-5-3-8/h8-13H,1-7H2. The first-order valence-corrected chi connectivity index (χ1v) is 5.05. The summed E-state index contributed by atoms with van der Waals surface area (Å²) in [5.74, 6) is 0. The van der Waals surface area contributed by atoms with Gasteiger partial charge in [-0.2, -0.15) is 0 Å². The van der Waals surface area contributed by atoms with Crippen molar-refractivity contribution in [3.63, 3.8) is 0 Å². The second-order valence-corrected chi connectivity index (χ2v) is 3.61. The highest BCUT2D eigenvalue weighted by Gasteiger charge is 2.15. The molecular weight excluding hydrogens is 168 g/mol. The SMILES string of the molecule is OCC(CO)NC1CCCNCC1. The fraction of sp³-hybridized carbons (Fsp3) is 1.00. The van der Waals surface area contributed by atoms with Crippen LogP contribution in [0.1, 0.15) is 19.3 Å². The van der Waals surface area contributed by atoms with Crippen LogP contribution in [-0.2, 0) is 0 Å². The van der Waals surface area contributed by atoms with Crippen molar-refractivity contribution in [2.45, 2.75) is 31.3 Å². The minimum atomic E-state index is -0.150. The molecule has 0 aromatic rings. The number of aliphatic hydroxyl groups excluding tert-OH is 2. The van der Waals surface area contributed by atoms with Gasteiger partial charge in [0.25, 0.3) is 0 Å². The summed E-state index contributed by atoms with van der Waals surface area (Å²) in [5, 5.41) is 24.4. The van der Waals surface area contributed by atoms with Crippen LogP contribution in [0.5, 0.6) is 0 Å². The molecule has 4 nitrogen and oxygen atoms in total. The molecule has 0 aliphatic carbocycles. The summed E-state index contributed by atoms with van der Waals surface area (Å²) in [4.78, 5) is 0. The Bertz CT molecular complexity index is 121. The Kier molecular flexibility index (Phi) is 5.31. The van der Waals surface area contributed by atoms with Crippen LogP contribution in [0.3, 0.4) is 0 Å². The Morgan fingerprint density at radius 3 is 2.69 bits per heavy atom. The molecule has 13 heavy (non-hydrogen) atoms. The van der Waals surface area contributed by atoms with Crippen LogP contribution in [0.4, 0.5) is 0 Å². The Labute approximate surface area is 79.3 Å². The van der Waals surface area contributed by atoms with Crippen molar-refractivity contribution in [2.24, 2.45) is 0 Å². The second-order valence-electron chi connectivity index (χ2n) is 3.61. The van der Waals surface area contributed by atoms with Crippen LogP contribution >= 0.6 is 0 Å². The average molecular weight is 188 g/mol. The molecule has 1 unspecified atom stereocenters. The smallest absolute Gasteiger partial charge is 0.0607 e. The van der Waals surface area contributed by atoms with E-state index in [-0.39, 0.29) is 19.3 Å². The second kappa shape index (κ2) is 6.32. The number of rotatable bonds is 4. The van der Waals surface area contributed by atoms with E-state index < -0.39 is 0 Å². The summed E-state index contributed by atoms with van der Waals surface area (Å²) in [5.41, 5.74) is 0. The lowest BCUT2D eigenvalue weighted by molar-refractivity contribution is 0.159. The van der Waals surface area contributed by atoms with E-state index in [1.807, 2.05) is 0 Å². The van der Waals surface area contributed by atoms with Gasteiger partial charge in [0.15, 0.2) is 0 Å². The van der Waals surface area contributed by atoms with Crippen molar-refractivity contribution in [3.8, 4) is 0 Å². The predicted octanol–water partition coefficient (Wildman–Crippen LogP) is -0.929. The highest BCUT2D eigenvalue weighted by molar-refractivity contribution is 4.76. The number of nitrogens with one attached hydrogen (secondary N) is 2. The van der Waals surface area contributed by atoms with E-state index in [0.29, 0.717) is 6.04 Å². The van der Waals surface area contributed by atoms with Crippen molar-refractivity contribution >= 4 is 0 Å². The van der Waals surface area contributed by atoms with E-state index in [1.165, 1.54) is 6.42 Å². The van der Waals surface area contributed by atoms with Gasteiger partial charge in [-0.25, -0.2) is 0 Å². The first kappa shape index (κ1) is 10.9. The normalized spacial score (nSPS) is 24.7. The molecule has 1 aliphatic heterocycles. The molecule has 1 heterocycles. The highest BCUT2D eigenvalue weighted by atomic mass is 16.3. The quantitative estimate of drug-likeness (QED) is 0.460. The van der Waals surface area contributed by atoms with Crippen molar-refractivity contribution < 1.29 is 10.2 Å². The van der Waals surface area contributed by atoms with E-state index in [2.05, 4.69) is 10.6 Å². The van der Waals surface area contributed by atoms with E-state index in [4.69, 9.17) is 10.2 Å². The van der Waals surface area contributed by atoms with Gasteiger partial charge in [0, 0.05) is 6.04 Å². The third-order valence-electron chi connectivity index (χ3n) is 2.49. The molecule has 1 saturated heterocycles. The Hall–Kier alpha value is -0.160. The zero-order valence-electron chi connectivity index (χ0n) is 8.00. The summed E-state index contributed by atoms with van der Waals surface area (Å²) in [6, 6.07) is 0.294. The summed E-state index contributed by atoms with van der Waals surface area (Å²) in [6.45, 7) is 2.14. The molecule has 0 aromatic heterocycles. The first-order chi connectivity index (χ1) is 6.36. The topological polar surface area (TPSA) is 64.5 Å². The molecule has 78 valence electrons. The molecule has 1 atom stereocenters. The van der Waals surface area contributed by atoms with Gasteiger partial charge in [-0.3, -0.25) is 0 Å². The lowest BCUT2D eigenvalue weighted by Gasteiger charge is -2.21. The van der Waals surface area contributed by atoms with Crippen molar-refractivity contribution in [1.29, 1.82) is 0 Å². The van der Waals surface area contributed by atoms with E-state index in [1.54, 1.807) is 0 Å². The van der Waals surface area contributed by atoms with Gasteiger partial charge in [0.2, 0.25) is 0 Å². The average Bonchev–Trinajstić information content (AvgIpc) is 2.42. The minimum absolute atomic E-state index is 0.0143. The lowest BCUT2D eigenvalue weighted by atomic mass is 10.1. The van der Waals surface area contributed by atoms with Gasteiger partial charge in [0.05, 0.1) is 19.3 Å². The summed E-state index contributed by atoms with van der Waals surface area (Å²) >= 11 is 0. The van der Waals surface area contributed by atoms with Gasteiger partial charge < -0.3 is 20.8 Å². The molecule has 0 spiro atoms. The van der Waals surface area contributed by atoms with Crippen molar-refractivity contribution in [3.05, 3.63) is 0 Å². The largest absolute Gasteiger partial charge is 0.395 e. The van der Waals surface area contributed by atoms with Crippen LogP contribution in [0.15, 0.2) is 0 Å². The fourth-order valence-electron chi connectivity index (χ4n) is 1.68. The van der Waals surface area contributed by atoms with Crippen LogP contribution in [0.2, 0.25) is 0 Å². The molecule has 4 heteroatoms. The zero-order valence-corrected chi connectivity index (χ0v) is 8.00. The Morgan fingerprint density at radius 1 is 1.23 bits per heavy atom. The summed E-state index contributed by atoms with van der Waals surface area (Å²) in [6.07, 6.45) is 3.38. The maximum Gasteiger partial charge on any atom is 0.0607 e. The molecule has 0 radical (unpaired) electrons. The highest BCUT2D eigenvalue weighted by Crippen LogP contribution is 2.05. The van der Waals surface area contributed by atoms with Gasteiger partial charge in [-0.1, -0.05) is 0 Å². The van der Waals surface area contributed by atoms with Crippen LogP contribution in [0, 0.1) is 0 Å². The Morgan fingerprint density at radius 2 is 2.00 bits per heavy atom. The Balaban J connectivity index is 2.24. The molecular formula is C9H20N2O2. The summed E-state index contributed by atoms with van der Waals surface area (Å²) < 4.78 is 0.